The quantitative estimate of drug-likeness (QED) is 0.823. The van der Waals surface area contributed by atoms with Gasteiger partial charge >= 0.3 is 6.18 Å². The summed E-state index contributed by atoms with van der Waals surface area (Å²) < 4.78 is 39.1. The van der Waals surface area contributed by atoms with Crippen LogP contribution in [0.3, 0.4) is 0 Å². The Morgan fingerprint density at radius 3 is 2.78 bits per heavy atom. The van der Waals surface area contributed by atoms with Gasteiger partial charge in [-0.3, -0.25) is 14.3 Å². The maximum atomic E-state index is 12.7. The van der Waals surface area contributed by atoms with Crippen LogP contribution in [0.4, 0.5) is 13.2 Å². The van der Waals surface area contributed by atoms with Crippen molar-refractivity contribution in [2.75, 3.05) is 13.1 Å². The van der Waals surface area contributed by atoms with Crippen molar-refractivity contribution in [2.45, 2.75) is 45.1 Å². The maximum absolute atomic E-state index is 12.7. The Morgan fingerprint density at radius 1 is 1.39 bits per heavy atom. The molecule has 0 saturated carbocycles. The predicted molar refractivity (Wildman–Crippen MR) is 73.0 cm³/mol. The Hall–Kier alpha value is -2.06. The number of nitrogens with zero attached hydrogens (tertiary/aromatic N) is 4. The largest absolute Gasteiger partial charge is 0.435 e. The van der Waals surface area contributed by atoms with Crippen LogP contribution in [0.1, 0.15) is 30.7 Å². The lowest BCUT2D eigenvalue weighted by molar-refractivity contribution is -0.151. The molecule has 3 heterocycles. The molecule has 2 saturated heterocycles. The van der Waals surface area contributed by atoms with Crippen molar-refractivity contribution in [2.24, 2.45) is 0 Å². The summed E-state index contributed by atoms with van der Waals surface area (Å²) in [6.45, 7) is 2.18. The van der Waals surface area contributed by atoms with Crippen molar-refractivity contribution < 1.29 is 22.8 Å². The summed E-state index contributed by atoms with van der Waals surface area (Å²) >= 11 is 0. The molecule has 2 aliphatic heterocycles. The van der Waals surface area contributed by atoms with Crippen LogP contribution in [0, 0.1) is 6.92 Å². The molecule has 6 nitrogen and oxygen atoms in total. The summed E-state index contributed by atoms with van der Waals surface area (Å²) in [6, 6.07) is 0.925. The summed E-state index contributed by atoms with van der Waals surface area (Å²) in [5, 5.41) is 3.48. The summed E-state index contributed by atoms with van der Waals surface area (Å²) in [5.74, 6) is -0.277. The zero-order valence-electron chi connectivity index (χ0n) is 12.6. The number of amides is 2. The van der Waals surface area contributed by atoms with Crippen LogP contribution in [0.15, 0.2) is 6.07 Å². The van der Waals surface area contributed by atoms with Gasteiger partial charge in [0.25, 0.3) is 0 Å². The molecule has 1 aromatic rings. The SMILES string of the molecule is Cc1cc(C(F)(F)F)nn1CC(=O)N1CCC(=O)N2CCCC21. The van der Waals surface area contributed by atoms with Crippen LogP contribution in [0.5, 0.6) is 0 Å². The number of alkyl halides is 3. The minimum atomic E-state index is -4.53. The number of hydrogen-bond donors (Lipinski definition) is 0. The molecule has 1 atom stereocenters. The van der Waals surface area contributed by atoms with Crippen molar-refractivity contribution in [1.82, 2.24) is 19.6 Å². The molecule has 23 heavy (non-hydrogen) atoms. The Labute approximate surface area is 130 Å². The zero-order valence-corrected chi connectivity index (χ0v) is 12.6. The highest BCUT2D eigenvalue weighted by Crippen LogP contribution is 2.29. The van der Waals surface area contributed by atoms with E-state index in [-0.39, 0.29) is 36.6 Å². The number of carbonyl (C=O) groups excluding carboxylic acids is 2. The highest BCUT2D eigenvalue weighted by molar-refractivity contribution is 5.82. The lowest BCUT2D eigenvalue weighted by Crippen LogP contribution is -2.55. The molecule has 0 bridgehead atoms. The van der Waals surface area contributed by atoms with Crippen LogP contribution < -0.4 is 0 Å². The highest BCUT2D eigenvalue weighted by atomic mass is 19.4. The predicted octanol–water partition coefficient (Wildman–Crippen LogP) is 1.39. The number of rotatable bonds is 2. The van der Waals surface area contributed by atoms with Crippen molar-refractivity contribution >= 4 is 11.8 Å². The standard InChI is InChI=1S/C14H17F3N4O2/c1-9-7-10(14(15,16)17)18-21(9)8-13(23)20-6-4-12(22)19-5-2-3-11(19)20/h7,11H,2-6,8H2,1H3. The second-order valence-corrected chi connectivity index (χ2v) is 5.87. The van der Waals surface area contributed by atoms with E-state index in [0.717, 1.165) is 17.2 Å². The monoisotopic (exact) mass is 330 g/mol. The molecule has 2 fully saturated rings. The van der Waals surface area contributed by atoms with Gasteiger partial charge in [0.2, 0.25) is 11.8 Å². The van der Waals surface area contributed by atoms with Crippen LogP contribution in [-0.2, 0) is 22.3 Å². The van der Waals surface area contributed by atoms with Gasteiger partial charge in [0, 0.05) is 25.2 Å². The molecular weight excluding hydrogens is 313 g/mol. The molecule has 0 aromatic carbocycles. The zero-order chi connectivity index (χ0) is 16.8. The van der Waals surface area contributed by atoms with Crippen LogP contribution in [-0.4, -0.2) is 50.6 Å². The average Bonchev–Trinajstić information content (AvgIpc) is 3.07. The van der Waals surface area contributed by atoms with E-state index in [0.29, 0.717) is 19.5 Å². The second kappa shape index (κ2) is 5.54. The smallest absolute Gasteiger partial charge is 0.322 e. The summed E-state index contributed by atoms with van der Waals surface area (Å²) in [5.41, 5.74) is -0.721. The molecule has 9 heteroatoms. The first kappa shape index (κ1) is 15.8. The minimum Gasteiger partial charge on any atom is -0.322 e. The first-order valence-electron chi connectivity index (χ1n) is 7.48. The average molecular weight is 330 g/mol. The van der Waals surface area contributed by atoms with Gasteiger partial charge in [0.05, 0.1) is 0 Å². The number of hydrogen-bond acceptors (Lipinski definition) is 3. The fourth-order valence-corrected chi connectivity index (χ4v) is 3.19. The molecule has 0 radical (unpaired) electrons. The second-order valence-electron chi connectivity index (χ2n) is 5.87. The Morgan fingerprint density at radius 2 is 2.13 bits per heavy atom. The third-order valence-electron chi connectivity index (χ3n) is 4.34. The molecule has 126 valence electrons. The van der Waals surface area contributed by atoms with Gasteiger partial charge in [-0.2, -0.15) is 18.3 Å². The number of fused-ring (bicyclic) bond motifs is 1. The summed E-state index contributed by atoms with van der Waals surface area (Å²) in [6.07, 6.45) is -2.99. The fourth-order valence-electron chi connectivity index (χ4n) is 3.19. The minimum absolute atomic E-state index is 0.0335. The number of aromatic nitrogens is 2. The van der Waals surface area contributed by atoms with Gasteiger partial charge in [-0.1, -0.05) is 0 Å². The molecular formula is C14H17F3N4O2. The number of carbonyl (C=O) groups is 2. The molecule has 1 aromatic heterocycles. The van der Waals surface area contributed by atoms with E-state index in [1.54, 1.807) is 9.80 Å². The Balaban J connectivity index is 1.74. The van der Waals surface area contributed by atoms with Crippen molar-refractivity contribution in [3.8, 4) is 0 Å². The Bertz CT molecular complexity index is 640. The molecule has 2 amide bonds. The topological polar surface area (TPSA) is 58.4 Å². The molecule has 0 N–H and O–H groups in total. The van der Waals surface area contributed by atoms with Gasteiger partial charge in [0.15, 0.2) is 5.69 Å². The van der Waals surface area contributed by atoms with Gasteiger partial charge in [0.1, 0.15) is 12.7 Å². The highest BCUT2D eigenvalue weighted by Gasteiger charge is 2.40. The van der Waals surface area contributed by atoms with Crippen LogP contribution in [0.2, 0.25) is 0 Å². The maximum Gasteiger partial charge on any atom is 0.435 e. The molecule has 3 rings (SSSR count). The van der Waals surface area contributed by atoms with Crippen LogP contribution in [0.25, 0.3) is 0 Å². The molecule has 0 aliphatic carbocycles. The van der Waals surface area contributed by atoms with E-state index in [1.165, 1.54) is 6.92 Å². The van der Waals surface area contributed by atoms with Gasteiger partial charge < -0.3 is 9.80 Å². The van der Waals surface area contributed by atoms with E-state index in [4.69, 9.17) is 0 Å². The summed E-state index contributed by atoms with van der Waals surface area (Å²) in [4.78, 5) is 27.6. The van der Waals surface area contributed by atoms with E-state index in [2.05, 4.69) is 5.10 Å². The fraction of sp³-hybridized carbons (Fsp3) is 0.643. The van der Waals surface area contributed by atoms with Crippen LogP contribution >= 0.6 is 0 Å². The van der Waals surface area contributed by atoms with Gasteiger partial charge in [-0.15, -0.1) is 0 Å². The van der Waals surface area contributed by atoms with E-state index < -0.39 is 11.9 Å². The van der Waals surface area contributed by atoms with Crippen molar-refractivity contribution in [3.05, 3.63) is 17.5 Å². The summed E-state index contributed by atoms with van der Waals surface area (Å²) in [7, 11) is 0. The lowest BCUT2D eigenvalue weighted by Gasteiger charge is -2.39. The number of aryl methyl sites for hydroxylation is 1. The van der Waals surface area contributed by atoms with Crippen molar-refractivity contribution in [3.63, 3.8) is 0 Å². The Kier molecular flexibility index (Phi) is 3.81. The first-order chi connectivity index (χ1) is 10.8. The molecule has 1 unspecified atom stereocenters. The van der Waals surface area contributed by atoms with Gasteiger partial charge in [-0.25, -0.2) is 0 Å². The van der Waals surface area contributed by atoms with Gasteiger partial charge in [-0.05, 0) is 25.8 Å². The van der Waals surface area contributed by atoms with E-state index in [9.17, 15) is 22.8 Å². The van der Waals surface area contributed by atoms with Crippen molar-refractivity contribution in [1.29, 1.82) is 0 Å². The molecule has 2 aliphatic rings. The third-order valence-corrected chi connectivity index (χ3v) is 4.34. The number of halogens is 3. The normalized spacial score (nSPS) is 21.7. The third kappa shape index (κ3) is 2.91. The first-order valence-corrected chi connectivity index (χ1v) is 7.48. The lowest BCUT2D eigenvalue weighted by atomic mass is 10.2. The van der Waals surface area contributed by atoms with E-state index in [1.807, 2.05) is 0 Å². The van der Waals surface area contributed by atoms with E-state index >= 15 is 0 Å². The molecule has 0 spiro atoms.